The maximum Gasteiger partial charge on any atom is 0.223 e. The average molecular weight is 374 g/mol. The normalized spacial score (nSPS) is 16.5. The van der Waals surface area contributed by atoms with Gasteiger partial charge in [0.1, 0.15) is 5.82 Å². The SMILES string of the molecule is Cc1cnc(C2CCCN2C(=O)CCc2ccccc2)n1Cc1cccnc1. The van der Waals surface area contributed by atoms with Crippen LogP contribution in [0.25, 0.3) is 0 Å². The van der Waals surface area contributed by atoms with Crippen molar-refractivity contribution >= 4 is 5.91 Å². The first-order chi connectivity index (χ1) is 13.7. The number of benzene rings is 1. The molecule has 1 aromatic carbocycles. The minimum absolute atomic E-state index is 0.0636. The Morgan fingerprint density at radius 2 is 1.93 bits per heavy atom. The molecule has 0 radical (unpaired) electrons. The predicted octanol–water partition coefficient (Wildman–Crippen LogP) is 3.93. The van der Waals surface area contributed by atoms with Crippen LogP contribution >= 0.6 is 0 Å². The topological polar surface area (TPSA) is 51.0 Å². The zero-order chi connectivity index (χ0) is 19.3. The van der Waals surface area contributed by atoms with Crippen LogP contribution in [0.2, 0.25) is 0 Å². The van der Waals surface area contributed by atoms with Crippen LogP contribution in [-0.4, -0.2) is 31.9 Å². The summed E-state index contributed by atoms with van der Waals surface area (Å²) >= 11 is 0. The standard InChI is InChI=1S/C23H26N4O/c1-18-15-25-23(27(18)17-20-9-5-13-24-16-20)21-10-6-14-26(21)22(28)12-11-19-7-3-2-4-8-19/h2-5,7-9,13,15-16,21H,6,10-12,14,17H2,1H3. The highest BCUT2D eigenvalue weighted by Gasteiger charge is 2.33. The van der Waals surface area contributed by atoms with Crippen molar-refractivity contribution in [3.8, 4) is 0 Å². The second-order valence-corrected chi connectivity index (χ2v) is 7.44. The lowest BCUT2D eigenvalue weighted by Gasteiger charge is -2.25. The third-order valence-electron chi connectivity index (χ3n) is 5.49. The number of carbonyl (C=O) groups is 1. The lowest BCUT2D eigenvalue weighted by molar-refractivity contribution is -0.132. The van der Waals surface area contributed by atoms with Gasteiger partial charge < -0.3 is 9.47 Å². The molecule has 0 N–H and O–H groups in total. The third kappa shape index (κ3) is 3.98. The molecule has 0 aliphatic carbocycles. The van der Waals surface area contributed by atoms with E-state index in [1.165, 1.54) is 5.56 Å². The Hall–Kier alpha value is -2.95. The van der Waals surface area contributed by atoms with E-state index in [9.17, 15) is 4.79 Å². The van der Waals surface area contributed by atoms with Crippen LogP contribution in [0, 0.1) is 6.92 Å². The zero-order valence-electron chi connectivity index (χ0n) is 16.3. The average Bonchev–Trinajstić information content (AvgIpc) is 3.35. The minimum Gasteiger partial charge on any atom is -0.332 e. The highest BCUT2D eigenvalue weighted by Crippen LogP contribution is 2.32. The third-order valence-corrected chi connectivity index (χ3v) is 5.49. The highest BCUT2D eigenvalue weighted by molar-refractivity contribution is 5.77. The number of imidazole rings is 1. The lowest BCUT2D eigenvalue weighted by atomic mass is 10.1. The number of carbonyl (C=O) groups excluding carboxylic acids is 1. The number of pyridine rings is 1. The van der Waals surface area contributed by atoms with Gasteiger partial charge in [-0.25, -0.2) is 4.98 Å². The smallest absolute Gasteiger partial charge is 0.223 e. The molecule has 1 fully saturated rings. The van der Waals surface area contributed by atoms with Crippen LogP contribution in [0.1, 0.15) is 47.9 Å². The summed E-state index contributed by atoms with van der Waals surface area (Å²) < 4.78 is 2.23. The lowest BCUT2D eigenvalue weighted by Crippen LogP contribution is -2.32. The summed E-state index contributed by atoms with van der Waals surface area (Å²) in [5, 5.41) is 0. The number of nitrogens with zero attached hydrogens (tertiary/aromatic N) is 4. The minimum atomic E-state index is 0.0636. The van der Waals surface area contributed by atoms with Gasteiger partial charge in [-0.05, 0) is 43.4 Å². The van der Waals surface area contributed by atoms with Gasteiger partial charge in [0.05, 0.1) is 12.6 Å². The highest BCUT2D eigenvalue weighted by atomic mass is 16.2. The fourth-order valence-electron chi connectivity index (χ4n) is 4.00. The molecule has 1 amide bonds. The Kier molecular flexibility index (Phi) is 5.51. The molecule has 0 saturated carbocycles. The van der Waals surface area contributed by atoms with Gasteiger partial charge >= 0.3 is 0 Å². The van der Waals surface area contributed by atoms with Gasteiger partial charge in [0, 0.05) is 37.3 Å². The quantitative estimate of drug-likeness (QED) is 0.657. The molecule has 0 spiro atoms. The largest absolute Gasteiger partial charge is 0.332 e. The van der Waals surface area contributed by atoms with E-state index in [0.717, 1.165) is 49.4 Å². The molecule has 4 rings (SSSR count). The molecule has 1 aliphatic heterocycles. The van der Waals surface area contributed by atoms with Crippen molar-refractivity contribution < 1.29 is 4.79 Å². The first-order valence-corrected chi connectivity index (χ1v) is 9.96. The van der Waals surface area contributed by atoms with Gasteiger partial charge in [0.25, 0.3) is 0 Å². The fourth-order valence-corrected chi connectivity index (χ4v) is 4.00. The molecule has 1 aliphatic rings. The van der Waals surface area contributed by atoms with Crippen molar-refractivity contribution in [2.24, 2.45) is 0 Å². The molecule has 0 bridgehead atoms. The van der Waals surface area contributed by atoms with Crippen molar-refractivity contribution in [2.45, 2.75) is 45.2 Å². The predicted molar refractivity (Wildman–Crippen MR) is 109 cm³/mol. The van der Waals surface area contributed by atoms with E-state index in [0.29, 0.717) is 6.42 Å². The van der Waals surface area contributed by atoms with Crippen molar-refractivity contribution in [2.75, 3.05) is 6.54 Å². The number of hydrogen-bond donors (Lipinski definition) is 0. The fraction of sp³-hybridized carbons (Fsp3) is 0.348. The van der Waals surface area contributed by atoms with Crippen LogP contribution in [0.15, 0.2) is 61.1 Å². The molecule has 28 heavy (non-hydrogen) atoms. The summed E-state index contributed by atoms with van der Waals surface area (Å²) in [5.74, 6) is 1.21. The zero-order valence-corrected chi connectivity index (χ0v) is 16.3. The van der Waals surface area contributed by atoms with E-state index >= 15 is 0 Å². The Morgan fingerprint density at radius 3 is 2.71 bits per heavy atom. The van der Waals surface area contributed by atoms with Crippen molar-refractivity contribution in [3.63, 3.8) is 0 Å². The summed E-state index contributed by atoms with van der Waals surface area (Å²) in [6, 6.07) is 14.3. The van der Waals surface area contributed by atoms with Crippen LogP contribution in [0.4, 0.5) is 0 Å². The first-order valence-electron chi connectivity index (χ1n) is 9.96. The van der Waals surface area contributed by atoms with E-state index in [1.54, 1.807) is 6.20 Å². The molecular weight excluding hydrogens is 348 g/mol. The van der Waals surface area contributed by atoms with Crippen LogP contribution in [0.3, 0.4) is 0 Å². The van der Waals surface area contributed by atoms with E-state index in [1.807, 2.05) is 41.6 Å². The van der Waals surface area contributed by atoms with Crippen LogP contribution < -0.4 is 0 Å². The summed E-state index contributed by atoms with van der Waals surface area (Å²) in [7, 11) is 0. The molecule has 1 atom stereocenters. The molecule has 5 nitrogen and oxygen atoms in total. The first kappa shape index (κ1) is 18.4. The molecule has 5 heteroatoms. The monoisotopic (exact) mass is 374 g/mol. The van der Waals surface area contributed by atoms with E-state index in [-0.39, 0.29) is 11.9 Å². The summed E-state index contributed by atoms with van der Waals surface area (Å²) in [6.07, 6.45) is 8.92. The molecule has 3 heterocycles. The maximum absolute atomic E-state index is 13.0. The molecule has 2 aromatic heterocycles. The molecule has 3 aromatic rings. The number of aromatic nitrogens is 3. The maximum atomic E-state index is 13.0. The van der Waals surface area contributed by atoms with Gasteiger partial charge in [-0.1, -0.05) is 36.4 Å². The van der Waals surface area contributed by atoms with Gasteiger partial charge in [0.15, 0.2) is 0 Å². The molecule has 144 valence electrons. The Morgan fingerprint density at radius 1 is 1.11 bits per heavy atom. The summed E-state index contributed by atoms with van der Waals surface area (Å²) in [4.78, 5) is 23.9. The summed E-state index contributed by atoms with van der Waals surface area (Å²) in [6.45, 7) is 3.62. The van der Waals surface area contributed by atoms with Crippen molar-refractivity contribution in [3.05, 3.63) is 83.7 Å². The number of aryl methyl sites for hydroxylation is 2. The number of amides is 1. The number of hydrogen-bond acceptors (Lipinski definition) is 3. The second-order valence-electron chi connectivity index (χ2n) is 7.44. The molecular formula is C23H26N4O. The molecule has 1 unspecified atom stereocenters. The Labute approximate surface area is 166 Å². The Balaban J connectivity index is 1.50. The van der Waals surface area contributed by atoms with E-state index < -0.39 is 0 Å². The van der Waals surface area contributed by atoms with Crippen LogP contribution in [-0.2, 0) is 17.8 Å². The van der Waals surface area contributed by atoms with E-state index in [2.05, 4.69) is 34.7 Å². The second kappa shape index (κ2) is 8.38. The van der Waals surface area contributed by atoms with Crippen LogP contribution in [0.5, 0.6) is 0 Å². The van der Waals surface area contributed by atoms with Gasteiger partial charge in [-0.3, -0.25) is 9.78 Å². The number of likely N-dealkylation sites (tertiary alicyclic amines) is 1. The van der Waals surface area contributed by atoms with Crippen molar-refractivity contribution in [1.29, 1.82) is 0 Å². The number of rotatable bonds is 6. The van der Waals surface area contributed by atoms with Crippen molar-refractivity contribution in [1.82, 2.24) is 19.4 Å². The summed E-state index contributed by atoms with van der Waals surface area (Å²) in [5.41, 5.74) is 3.47. The molecule has 1 saturated heterocycles. The van der Waals surface area contributed by atoms with Gasteiger partial charge in [0.2, 0.25) is 5.91 Å². The van der Waals surface area contributed by atoms with Gasteiger partial charge in [-0.2, -0.15) is 0 Å². The Bertz CT molecular complexity index is 920. The van der Waals surface area contributed by atoms with Gasteiger partial charge in [-0.15, -0.1) is 0 Å². The van der Waals surface area contributed by atoms with E-state index in [4.69, 9.17) is 4.98 Å².